The maximum Gasteiger partial charge on any atom is 0.307 e. The maximum absolute atomic E-state index is 11.2. The molecular weight excluding hydrogens is 240 g/mol. The molecule has 1 aromatic rings. The van der Waals surface area contributed by atoms with Crippen LogP contribution in [-0.2, 0) is 16.1 Å². The second-order valence-corrected chi connectivity index (χ2v) is 5.47. The molecule has 19 heavy (non-hydrogen) atoms. The molecular formula is C16H18O3. The summed E-state index contributed by atoms with van der Waals surface area (Å²) >= 11 is 0. The lowest BCUT2D eigenvalue weighted by Gasteiger charge is -2.17. The Labute approximate surface area is 112 Å². The first-order chi connectivity index (χ1) is 9.25. The van der Waals surface area contributed by atoms with Gasteiger partial charge in [0.2, 0.25) is 0 Å². The van der Waals surface area contributed by atoms with Crippen molar-refractivity contribution < 1.29 is 14.6 Å². The van der Waals surface area contributed by atoms with E-state index in [1.165, 1.54) is 0 Å². The largest absolute Gasteiger partial charge is 0.481 e. The number of aliphatic carboxylic acids is 1. The van der Waals surface area contributed by atoms with E-state index in [0.29, 0.717) is 25.0 Å². The molecule has 100 valence electrons. The monoisotopic (exact) mass is 258 g/mol. The van der Waals surface area contributed by atoms with Crippen molar-refractivity contribution in [3.05, 3.63) is 48.0 Å². The van der Waals surface area contributed by atoms with Gasteiger partial charge in [0.05, 0.1) is 19.1 Å². The van der Waals surface area contributed by atoms with E-state index in [2.05, 4.69) is 12.2 Å². The molecule has 3 unspecified atom stereocenters. The fourth-order valence-corrected chi connectivity index (χ4v) is 3.37. The number of carboxylic acids is 1. The van der Waals surface area contributed by atoms with Gasteiger partial charge in [0.1, 0.15) is 0 Å². The fourth-order valence-electron chi connectivity index (χ4n) is 3.37. The van der Waals surface area contributed by atoms with Crippen molar-refractivity contribution in [2.75, 3.05) is 6.61 Å². The number of fused-ring (bicyclic) bond motifs is 2. The summed E-state index contributed by atoms with van der Waals surface area (Å²) in [5.41, 5.74) is 1.16. The predicted molar refractivity (Wildman–Crippen MR) is 71.5 cm³/mol. The summed E-state index contributed by atoms with van der Waals surface area (Å²) in [7, 11) is 0. The molecule has 3 heteroatoms. The normalized spacial score (nSPS) is 31.8. The minimum atomic E-state index is -0.662. The van der Waals surface area contributed by atoms with Crippen LogP contribution >= 0.6 is 0 Å². The molecule has 2 aliphatic rings. The minimum absolute atomic E-state index is 0.165. The Morgan fingerprint density at radius 1 is 1.26 bits per heavy atom. The Kier molecular flexibility index (Phi) is 3.38. The van der Waals surface area contributed by atoms with Gasteiger partial charge in [-0.25, -0.2) is 0 Å². The van der Waals surface area contributed by atoms with Crippen LogP contribution in [0.4, 0.5) is 0 Å². The third-order valence-electron chi connectivity index (χ3n) is 4.35. The second kappa shape index (κ2) is 5.17. The molecule has 0 heterocycles. The van der Waals surface area contributed by atoms with Gasteiger partial charge in [-0.15, -0.1) is 0 Å². The average molecular weight is 258 g/mol. The molecule has 2 aliphatic carbocycles. The van der Waals surface area contributed by atoms with E-state index < -0.39 is 5.97 Å². The van der Waals surface area contributed by atoms with Crippen LogP contribution in [0, 0.1) is 23.7 Å². The van der Waals surface area contributed by atoms with E-state index in [9.17, 15) is 9.90 Å². The molecule has 0 saturated heterocycles. The van der Waals surface area contributed by atoms with Crippen molar-refractivity contribution in [3.63, 3.8) is 0 Å². The summed E-state index contributed by atoms with van der Waals surface area (Å²) in [5.74, 6) is 0.0372. The van der Waals surface area contributed by atoms with Gasteiger partial charge in [0.25, 0.3) is 0 Å². The molecule has 1 saturated carbocycles. The van der Waals surface area contributed by atoms with Gasteiger partial charge in [-0.1, -0.05) is 42.5 Å². The molecule has 0 spiro atoms. The van der Waals surface area contributed by atoms with E-state index in [1.807, 2.05) is 30.3 Å². The first-order valence-electron chi connectivity index (χ1n) is 6.78. The van der Waals surface area contributed by atoms with Crippen molar-refractivity contribution in [1.82, 2.24) is 0 Å². The Balaban J connectivity index is 1.53. The number of hydrogen-bond acceptors (Lipinski definition) is 2. The zero-order valence-electron chi connectivity index (χ0n) is 10.7. The van der Waals surface area contributed by atoms with Crippen LogP contribution in [0.2, 0.25) is 0 Å². The topological polar surface area (TPSA) is 46.5 Å². The smallest absolute Gasteiger partial charge is 0.307 e. The molecule has 0 amide bonds. The van der Waals surface area contributed by atoms with Crippen LogP contribution in [0.15, 0.2) is 42.5 Å². The first-order valence-corrected chi connectivity index (χ1v) is 6.78. The summed E-state index contributed by atoms with van der Waals surface area (Å²) in [6.07, 6.45) is 5.01. The molecule has 2 bridgehead atoms. The number of allylic oxidation sites excluding steroid dienone is 2. The Hall–Kier alpha value is -1.61. The molecule has 4 atom stereocenters. The number of carbonyl (C=O) groups is 1. The molecule has 1 aromatic carbocycles. The first kappa shape index (κ1) is 12.4. The van der Waals surface area contributed by atoms with Crippen LogP contribution in [0.1, 0.15) is 12.0 Å². The number of ether oxygens (including phenoxy) is 1. The predicted octanol–water partition coefficient (Wildman–Crippen LogP) is 2.73. The highest BCUT2D eigenvalue weighted by molar-refractivity contribution is 5.71. The number of benzene rings is 1. The molecule has 3 nitrogen and oxygen atoms in total. The van der Waals surface area contributed by atoms with Gasteiger partial charge in [0.15, 0.2) is 0 Å². The molecule has 3 rings (SSSR count). The van der Waals surface area contributed by atoms with Crippen LogP contribution in [-0.4, -0.2) is 17.7 Å². The minimum Gasteiger partial charge on any atom is -0.481 e. The Bertz CT molecular complexity index is 480. The van der Waals surface area contributed by atoms with Crippen LogP contribution in [0.3, 0.4) is 0 Å². The third-order valence-corrected chi connectivity index (χ3v) is 4.35. The Morgan fingerprint density at radius 3 is 2.74 bits per heavy atom. The molecule has 0 aromatic heterocycles. The zero-order valence-corrected chi connectivity index (χ0v) is 10.7. The van der Waals surface area contributed by atoms with Gasteiger partial charge in [-0.05, 0) is 29.7 Å². The maximum atomic E-state index is 11.2. The van der Waals surface area contributed by atoms with E-state index >= 15 is 0 Å². The van der Waals surface area contributed by atoms with Gasteiger partial charge >= 0.3 is 5.97 Å². The highest BCUT2D eigenvalue weighted by Crippen LogP contribution is 2.48. The molecule has 1 fully saturated rings. The van der Waals surface area contributed by atoms with Crippen molar-refractivity contribution in [2.45, 2.75) is 13.0 Å². The number of hydrogen-bond donors (Lipinski definition) is 1. The second-order valence-electron chi connectivity index (χ2n) is 5.47. The fraction of sp³-hybridized carbons (Fsp3) is 0.438. The lowest BCUT2D eigenvalue weighted by molar-refractivity contribution is -0.142. The standard InChI is InChI=1S/C16H18O3/c17-16(18)14-8-12-6-7-13(14)15(12)10-19-9-11-4-2-1-3-5-11/h1-7,12-15H,8-10H2,(H,17,18)/t12?,13?,14-,15?/m0/s1. The van der Waals surface area contributed by atoms with Gasteiger partial charge in [-0.2, -0.15) is 0 Å². The summed E-state index contributed by atoms with van der Waals surface area (Å²) in [6.45, 7) is 1.26. The van der Waals surface area contributed by atoms with Crippen molar-refractivity contribution in [3.8, 4) is 0 Å². The van der Waals surface area contributed by atoms with Crippen LogP contribution in [0.5, 0.6) is 0 Å². The van der Waals surface area contributed by atoms with Crippen molar-refractivity contribution in [1.29, 1.82) is 0 Å². The van der Waals surface area contributed by atoms with Crippen molar-refractivity contribution >= 4 is 5.97 Å². The molecule has 0 radical (unpaired) electrons. The summed E-state index contributed by atoms with van der Waals surface area (Å²) in [5, 5.41) is 9.18. The zero-order chi connectivity index (χ0) is 13.2. The average Bonchev–Trinajstić information content (AvgIpc) is 2.97. The summed E-state index contributed by atoms with van der Waals surface area (Å²) in [4.78, 5) is 11.2. The molecule has 1 N–H and O–H groups in total. The van der Waals surface area contributed by atoms with E-state index in [0.717, 1.165) is 12.0 Å². The quantitative estimate of drug-likeness (QED) is 0.826. The molecule has 0 aliphatic heterocycles. The summed E-state index contributed by atoms with van der Waals surface area (Å²) < 4.78 is 5.78. The van der Waals surface area contributed by atoms with Crippen molar-refractivity contribution in [2.24, 2.45) is 23.7 Å². The van der Waals surface area contributed by atoms with Crippen LogP contribution < -0.4 is 0 Å². The highest BCUT2D eigenvalue weighted by atomic mass is 16.5. The van der Waals surface area contributed by atoms with Gasteiger partial charge < -0.3 is 9.84 Å². The third kappa shape index (κ3) is 2.43. The van der Waals surface area contributed by atoms with Crippen LogP contribution in [0.25, 0.3) is 0 Å². The van der Waals surface area contributed by atoms with Gasteiger partial charge in [0, 0.05) is 0 Å². The summed E-state index contributed by atoms with van der Waals surface area (Å²) in [6, 6.07) is 10.1. The highest BCUT2D eigenvalue weighted by Gasteiger charge is 2.47. The lowest BCUT2D eigenvalue weighted by Crippen LogP contribution is -2.22. The SMILES string of the molecule is O=C(O)[C@H]1CC2C=CC1C2COCc1ccccc1. The number of carboxylic acid groups (broad SMARTS) is 1. The van der Waals surface area contributed by atoms with E-state index in [-0.39, 0.29) is 11.8 Å². The van der Waals surface area contributed by atoms with E-state index in [4.69, 9.17) is 4.74 Å². The van der Waals surface area contributed by atoms with E-state index in [1.54, 1.807) is 0 Å². The Morgan fingerprint density at radius 2 is 2.05 bits per heavy atom. The number of rotatable bonds is 5. The lowest BCUT2D eigenvalue weighted by atomic mass is 9.91. The van der Waals surface area contributed by atoms with Gasteiger partial charge in [-0.3, -0.25) is 4.79 Å².